The molecule has 2 aromatic carbocycles. The maximum atomic E-state index is 12.3. The first kappa shape index (κ1) is 16.9. The normalized spacial score (nSPS) is 14.8. The topological polar surface area (TPSA) is 42.1 Å². The van der Waals surface area contributed by atoms with E-state index in [1.165, 1.54) is 47.6 Å². The van der Waals surface area contributed by atoms with Crippen molar-refractivity contribution in [2.45, 2.75) is 45.4 Å². The van der Waals surface area contributed by atoms with Gasteiger partial charge in [0, 0.05) is 5.69 Å². The van der Waals surface area contributed by atoms with Gasteiger partial charge in [-0.2, -0.15) is 0 Å². The summed E-state index contributed by atoms with van der Waals surface area (Å²) in [5.74, 6) is 0.256. The van der Waals surface area contributed by atoms with Crippen molar-refractivity contribution in [2.24, 2.45) is 0 Å². The highest BCUT2D eigenvalue weighted by molar-refractivity contribution is 5.92. The molecule has 1 aliphatic carbocycles. The standard InChI is InChI=1S/C23H25NO2/c1-3-26-23(25)21-14-20(16-8-4-5-9-16)22(24-21)18-12-15(2)19-11-7-6-10-17(19)13-18/h6-7,10-14,16,24H,3-5,8-9H2,1-2H3. The van der Waals surface area contributed by atoms with Gasteiger partial charge in [-0.25, -0.2) is 4.79 Å². The van der Waals surface area contributed by atoms with Crippen LogP contribution >= 0.6 is 0 Å². The van der Waals surface area contributed by atoms with Crippen LogP contribution in [0.15, 0.2) is 42.5 Å². The quantitative estimate of drug-likeness (QED) is 0.590. The van der Waals surface area contributed by atoms with E-state index in [1.807, 2.05) is 13.0 Å². The molecule has 1 aromatic heterocycles. The van der Waals surface area contributed by atoms with E-state index >= 15 is 0 Å². The molecule has 1 fully saturated rings. The Morgan fingerprint density at radius 1 is 1.15 bits per heavy atom. The van der Waals surface area contributed by atoms with Crippen LogP contribution in [0, 0.1) is 6.92 Å². The first-order chi connectivity index (χ1) is 12.7. The van der Waals surface area contributed by atoms with E-state index < -0.39 is 0 Å². The van der Waals surface area contributed by atoms with Gasteiger partial charge in [0.25, 0.3) is 0 Å². The van der Waals surface area contributed by atoms with Crippen molar-refractivity contribution in [1.82, 2.24) is 4.98 Å². The zero-order valence-corrected chi connectivity index (χ0v) is 15.5. The minimum Gasteiger partial charge on any atom is -0.461 e. The minimum absolute atomic E-state index is 0.268. The Morgan fingerprint density at radius 2 is 1.92 bits per heavy atom. The molecule has 0 unspecified atom stereocenters. The molecular formula is C23H25NO2. The maximum Gasteiger partial charge on any atom is 0.354 e. The summed E-state index contributed by atoms with van der Waals surface area (Å²) in [7, 11) is 0. The van der Waals surface area contributed by atoms with Crippen LogP contribution in [0.25, 0.3) is 22.0 Å². The lowest BCUT2D eigenvalue weighted by molar-refractivity contribution is 0.0520. The van der Waals surface area contributed by atoms with Gasteiger partial charge in [-0.15, -0.1) is 0 Å². The van der Waals surface area contributed by atoms with Crippen LogP contribution in [0.3, 0.4) is 0 Å². The molecule has 1 aliphatic rings. The van der Waals surface area contributed by atoms with E-state index in [0.29, 0.717) is 18.2 Å². The maximum absolute atomic E-state index is 12.3. The van der Waals surface area contributed by atoms with Gasteiger partial charge < -0.3 is 9.72 Å². The Labute approximate surface area is 154 Å². The fourth-order valence-electron chi connectivity index (χ4n) is 4.23. The Bertz CT molecular complexity index is 948. The molecule has 134 valence electrons. The van der Waals surface area contributed by atoms with E-state index in [9.17, 15) is 4.79 Å². The van der Waals surface area contributed by atoms with E-state index in [2.05, 4.69) is 48.3 Å². The van der Waals surface area contributed by atoms with Crippen molar-refractivity contribution in [3.8, 4) is 11.3 Å². The van der Waals surface area contributed by atoms with Crippen LogP contribution in [-0.2, 0) is 4.74 Å². The molecule has 4 rings (SSSR count). The molecule has 1 heterocycles. The van der Waals surface area contributed by atoms with Crippen LogP contribution in [-0.4, -0.2) is 17.6 Å². The molecule has 1 N–H and O–H groups in total. The van der Waals surface area contributed by atoms with Crippen LogP contribution < -0.4 is 0 Å². The number of carbonyl (C=O) groups is 1. The lowest BCUT2D eigenvalue weighted by Crippen LogP contribution is -2.04. The average molecular weight is 347 g/mol. The average Bonchev–Trinajstić information content (AvgIpc) is 3.31. The molecule has 0 spiro atoms. The smallest absolute Gasteiger partial charge is 0.354 e. The highest BCUT2D eigenvalue weighted by Gasteiger charge is 2.25. The highest BCUT2D eigenvalue weighted by Crippen LogP contribution is 2.40. The second kappa shape index (κ2) is 6.99. The number of aromatic amines is 1. The first-order valence-corrected chi connectivity index (χ1v) is 9.57. The molecule has 0 bridgehead atoms. The van der Waals surface area contributed by atoms with Crippen molar-refractivity contribution in [1.29, 1.82) is 0 Å². The molecule has 1 saturated carbocycles. The van der Waals surface area contributed by atoms with Gasteiger partial charge in [0.05, 0.1) is 6.61 Å². The second-order valence-corrected chi connectivity index (χ2v) is 7.23. The number of nitrogens with one attached hydrogen (secondary N) is 1. The van der Waals surface area contributed by atoms with Gasteiger partial charge in [-0.3, -0.25) is 0 Å². The van der Waals surface area contributed by atoms with Crippen molar-refractivity contribution < 1.29 is 9.53 Å². The molecule has 0 aliphatic heterocycles. The minimum atomic E-state index is -0.268. The molecule has 0 radical (unpaired) electrons. The highest BCUT2D eigenvalue weighted by atomic mass is 16.5. The molecule has 3 heteroatoms. The monoisotopic (exact) mass is 347 g/mol. The Kier molecular flexibility index (Phi) is 4.54. The molecule has 0 amide bonds. The zero-order valence-electron chi connectivity index (χ0n) is 15.5. The third kappa shape index (κ3) is 3.03. The number of rotatable bonds is 4. The van der Waals surface area contributed by atoms with Crippen molar-refractivity contribution in [3.05, 3.63) is 59.3 Å². The molecule has 3 aromatic rings. The number of hydrogen-bond acceptors (Lipinski definition) is 2. The summed E-state index contributed by atoms with van der Waals surface area (Å²) in [5.41, 5.74) is 5.31. The van der Waals surface area contributed by atoms with E-state index in [4.69, 9.17) is 4.74 Å². The lowest BCUT2D eigenvalue weighted by atomic mass is 9.93. The lowest BCUT2D eigenvalue weighted by Gasteiger charge is -2.12. The van der Waals surface area contributed by atoms with Gasteiger partial charge in [-0.1, -0.05) is 37.1 Å². The summed E-state index contributed by atoms with van der Waals surface area (Å²) >= 11 is 0. The Balaban J connectivity index is 1.85. The summed E-state index contributed by atoms with van der Waals surface area (Å²) in [4.78, 5) is 15.7. The number of aryl methyl sites for hydroxylation is 1. The number of ether oxygens (including phenoxy) is 1. The summed E-state index contributed by atoms with van der Waals surface area (Å²) in [5, 5.41) is 2.50. The van der Waals surface area contributed by atoms with Crippen LogP contribution in [0.5, 0.6) is 0 Å². The fraction of sp³-hybridized carbons (Fsp3) is 0.348. The number of H-pyrrole nitrogens is 1. The van der Waals surface area contributed by atoms with Gasteiger partial charge in [0.2, 0.25) is 0 Å². The summed E-state index contributed by atoms with van der Waals surface area (Å²) < 4.78 is 5.22. The number of esters is 1. The molecular weight excluding hydrogens is 322 g/mol. The van der Waals surface area contributed by atoms with Crippen molar-refractivity contribution in [3.63, 3.8) is 0 Å². The SMILES string of the molecule is CCOC(=O)c1cc(C2CCCC2)c(-c2cc(C)c3ccccc3c2)[nH]1. The van der Waals surface area contributed by atoms with Crippen LogP contribution in [0.4, 0.5) is 0 Å². The third-order valence-corrected chi connectivity index (χ3v) is 5.50. The summed E-state index contributed by atoms with van der Waals surface area (Å²) in [6, 6.07) is 14.9. The number of aromatic nitrogens is 1. The van der Waals surface area contributed by atoms with E-state index in [0.717, 1.165) is 11.3 Å². The zero-order chi connectivity index (χ0) is 18.1. The van der Waals surface area contributed by atoms with Crippen LogP contribution in [0.1, 0.15) is 60.1 Å². The largest absolute Gasteiger partial charge is 0.461 e. The third-order valence-electron chi connectivity index (χ3n) is 5.50. The molecule has 26 heavy (non-hydrogen) atoms. The van der Waals surface area contributed by atoms with Gasteiger partial charge in [0.1, 0.15) is 5.69 Å². The van der Waals surface area contributed by atoms with Gasteiger partial charge in [0.15, 0.2) is 0 Å². The van der Waals surface area contributed by atoms with Crippen molar-refractivity contribution >= 4 is 16.7 Å². The Hall–Kier alpha value is -2.55. The number of carbonyl (C=O) groups excluding carboxylic acids is 1. The number of fused-ring (bicyclic) bond motifs is 1. The predicted octanol–water partition coefficient (Wildman–Crippen LogP) is 5.98. The fourth-order valence-corrected chi connectivity index (χ4v) is 4.23. The Morgan fingerprint density at radius 3 is 2.69 bits per heavy atom. The summed E-state index contributed by atoms with van der Waals surface area (Å²) in [6.07, 6.45) is 4.92. The number of hydrogen-bond donors (Lipinski definition) is 1. The number of benzene rings is 2. The second-order valence-electron chi connectivity index (χ2n) is 7.23. The van der Waals surface area contributed by atoms with Crippen molar-refractivity contribution in [2.75, 3.05) is 6.61 Å². The molecule has 0 saturated heterocycles. The van der Waals surface area contributed by atoms with Crippen LogP contribution in [0.2, 0.25) is 0 Å². The predicted molar refractivity (Wildman–Crippen MR) is 106 cm³/mol. The van der Waals surface area contributed by atoms with E-state index in [1.54, 1.807) is 0 Å². The van der Waals surface area contributed by atoms with Gasteiger partial charge in [-0.05, 0) is 78.3 Å². The van der Waals surface area contributed by atoms with Gasteiger partial charge >= 0.3 is 5.97 Å². The first-order valence-electron chi connectivity index (χ1n) is 9.57. The summed E-state index contributed by atoms with van der Waals surface area (Å²) in [6.45, 7) is 4.38. The molecule has 3 nitrogen and oxygen atoms in total. The van der Waals surface area contributed by atoms with E-state index in [-0.39, 0.29) is 5.97 Å². The molecule has 0 atom stereocenters.